The lowest BCUT2D eigenvalue weighted by atomic mass is 10.1. The van der Waals surface area contributed by atoms with Gasteiger partial charge in [-0.25, -0.2) is 0 Å². The molecule has 1 amide bonds. The smallest absolute Gasteiger partial charge is 0.333 e. The molecule has 1 heterocycles. The molecule has 1 saturated carbocycles. The zero-order valence-corrected chi connectivity index (χ0v) is 7.73. The van der Waals surface area contributed by atoms with Gasteiger partial charge in [0.25, 0.3) is 0 Å². The van der Waals surface area contributed by atoms with Crippen LogP contribution in [0, 0.1) is 5.92 Å². The molecule has 1 aliphatic heterocycles. The maximum absolute atomic E-state index is 12.5. The van der Waals surface area contributed by atoms with E-state index < -0.39 is 11.3 Å². The summed E-state index contributed by atoms with van der Waals surface area (Å²) in [5.74, 6) is -0.766. The molecule has 0 N–H and O–H groups in total. The zero-order valence-electron chi connectivity index (χ0n) is 6.97. The Hall–Kier alpha value is -0.380. The van der Waals surface area contributed by atoms with Crippen LogP contribution in [-0.4, -0.2) is 28.8 Å². The molecule has 0 aromatic heterocycles. The Bertz CT molecular complexity index is 241. The summed E-state index contributed by atoms with van der Waals surface area (Å²) in [6.07, 6.45) is 2.75. The van der Waals surface area contributed by atoms with E-state index >= 15 is 0 Å². The van der Waals surface area contributed by atoms with Crippen LogP contribution in [0.3, 0.4) is 0 Å². The van der Waals surface area contributed by atoms with Crippen molar-refractivity contribution in [2.45, 2.75) is 30.7 Å². The van der Waals surface area contributed by atoms with E-state index in [4.69, 9.17) is 0 Å². The fourth-order valence-corrected chi connectivity index (χ4v) is 2.14. The van der Waals surface area contributed by atoms with Gasteiger partial charge in [-0.15, -0.1) is 0 Å². The molecule has 2 nitrogen and oxygen atoms in total. The van der Waals surface area contributed by atoms with Crippen LogP contribution < -0.4 is 0 Å². The van der Waals surface area contributed by atoms with Gasteiger partial charge in [-0.1, -0.05) is 0 Å². The Kier molecular flexibility index (Phi) is 1.98. The van der Waals surface area contributed by atoms with Crippen LogP contribution in [0.2, 0.25) is 0 Å². The van der Waals surface area contributed by atoms with Crippen LogP contribution in [-0.2, 0) is 4.79 Å². The molecule has 0 unspecified atom stereocenters. The van der Waals surface area contributed by atoms with Crippen molar-refractivity contribution < 1.29 is 13.6 Å². The first-order valence-corrected chi connectivity index (χ1v) is 4.76. The molecule has 74 valence electrons. The number of nitrogens with zero attached hydrogens (tertiary/aromatic N) is 1. The standard InChI is InChI=1S/C8H10ClF2NO/c9-8(10,11)7(13)12-3-1-2-5-4-6(5)12/h5-6H,1-4H2/t5-,6+/m1/s1. The van der Waals surface area contributed by atoms with E-state index in [0.29, 0.717) is 12.5 Å². The van der Waals surface area contributed by atoms with Crippen molar-refractivity contribution in [3.05, 3.63) is 0 Å². The van der Waals surface area contributed by atoms with Crippen molar-refractivity contribution in [2.75, 3.05) is 6.54 Å². The van der Waals surface area contributed by atoms with Crippen molar-refractivity contribution in [1.29, 1.82) is 0 Å². The Morgan fingerprint density at radius 2 is 2.23 bits per heavy atom. The molecule has 0 bridgehead atoms. The average Bonchev–Trinajstić information content (AvgIpc) is 2.78. The first-order chi connectivity index (χ1) is 6.00. The molecule has 2 atom stereocenters. The van der Waals surface area contributed by atoms with Gasteiger partial charge in [0.1, 0.15) is 0 Å². The number of likely N-dealkylation sites (tertiary alicyclic amines) is 1. The lowest BCUT2D eigenvalue weighted by Gasteiger charge is -2.27. The van der Waals surface area contributed by atoms with Gasteiger partial charge < -0.3 is 4.90 Å². The number of hydrogen-bond donors (Lipinski definition) is 0. The van der Waals surface area contributed by atoms with Gasteiger partial charge in [-0.3, -0.25) is 4.79 Å². The van der Waals surface area contributed by atoms with Crippen molar-refractivity contribution in [3.8, 4) is 0 Å². The molecule has 0 spiro atoms. The van der Waals surface area contributed by atoms with E-state index in [9.17, 15) is 13.6 Å². The van der Waals surface area contributed by atoms with Gasteiger partial charge in [0, 0.05) is 12.6 Å². The molecular weight excluding hydrogens is 200 g/mol. The summed E-state index contributed by atoms with van der Waals surface area (Å²) in [6, 6.07) is 0.0471. The second-order valence-corrected chi connectivity index (χ2v) is 4.18. The van der Waals surface area contributed by atoms with E-state index in [1.54, 1.807) is 0 Å². The first kappa shape index (κ1) is 9.19. The predicted molar refractivity (Wildman–Crippen MR) is 43.6 cm³/mol. The van der Waals surface area contributed by atoms with Gasteiger partial charge >= 0.3 is 11.3 Å². The van der Waals surface area contributed by atoms with E-state index in [1.807, 2.05) is 0 Å². The maximum Gasteiger partial charge on any atom is 0.399 e. The van der Waals surface area contributed by atoms with Gasteiger partial charge in [-0.05, 0) is 36.8 Å². The minimum Gasteiger partial charge on any atom is -0.333 e. The monoisotopic (exact) mass is 209 g/mol. The highest BCUT2D eigenvalue weighted by molar-refractivity contribution is 6.32. The predicted octanol–water partition coefficient (Wildman–Crippen LogP) is 1.83. The van der Waals surface area contributed by atoms with Gasteiger partial charge in [0.15, 0.2) is 0 Å². The molecular formula is C8H10ClF2NO. The van der Waals surface area contributed by atoms with E-state index in [-0.39, 0.29) is 6.04 Å². The summed E-state index contributed by atoms with van der Waals surface area (Å²) in [4.78, 5) is 12.3. The molecule has 1 aliphatic carbocycles. The van der Waals surface area contributed by atoms with Gasteiger partial charge in [-0.2, -0.15) is 8.78 Å². The third kappa shape index (κ3) is 1.64. The summed E-state index contributed by atoms with van der Waals surface area (Å²) in [5, 5.41) is -3.72. The summed E-state index contributed by atoms with van der Waals surface area (Å²) in [5.41, 5.74) is 0. The number of carbonyl (C=O) groups is 1. The van der Waals surface area contributed by atoms with Crippen LogP contribution >= 0.6 is 11.6 Å². The highest BCUT2D eigenvalue weighted by atomic mass is 35.5. The average molecular weight is 210 g/mol. The minimum atomic E-state index is -3.72. The third-order valence-corrected chi connectivity index (χ3v) is 2.92. The largest absolute Gasteiger partial charge is 0.399 e. The van der Waals surface area contributed by atoms with Crippen molar-refractivity contribution in [2.24, 2.45) is 5.92 Å². The van der Waals surface area contributed by atoms with Crippen LogP contribution in [0.4, 0.5) is 8.78 Å². The number of piperidine rings is 1. The molecule has 5 heteroatoms. The fraction of sp³-hybridized carbons (Fsp3) is 0.875. The number of halogens is 3. The molecule has 0 aromatic rings. The molecule has 0 radical (unpaired) electrons. The molecule has 2 aliphatic rings. The summed E-state index contributed by atoms with van der Waals surface area (Å²) in [6.45, 7) is 0.433. The number of amides is 1. The zero-order chi connectivity index (χ0) is 9.64. The lowest BCUT2D eigenvalue weighted by molar-refractivity contribution is -0.148. The summed E-state index contributed by atoms with van der Waals surface area (Å²) < 4.78 is 24.9. The summed E-state index contributed by atoms with van der Waals surface area (Å²) in [7, 11) is 0. The Balaban J connectivity index is 2.04. The lowest BCUT2D eigenvalue weighted by Crippen LogP contribution is -2.44. The highest BCUT2D eigenvalue weighted by Crippen LogP contribution is 2.44. The Morgan fingerprint density at radius 1 is 1.54 bits per heavy atom. The Labute approximate surface area is 79.8 Å². The van der Waals surface area contributed by atoms with Crippen LogP contribution in [0.1, 0.15) is 19.3 Å². The third-order valence-electron chi connectivity index (χ3n) is 2.76. The topological polar surface area (TPSA) is 20.3 Å². The Morgan fingerprint density at radius 3 is 2.85 bits per heavy atom. The molecule has 2 rings (SSSR count). The van der Waals surface area contributed by atoms with Crippen LogP contribution in [0.5, 0.6) is 0 Å². The second kappa shape index (κ2) is 2.80. The van der Waals surface area contributed by atoms with E-state index in [2.05, 4.69) is 11.6 Å². The van der Waals surface area contributed by atoms with E-state index in [1.165, 1.54) is 4.90 Å². The summed E-state index contributed by atoms with van der Waals surface area (Å²) >= 11 is 4.68. The quantitative estimate of drug-likeness (QED) is 0.604. The maximum atomic E-state index is 12.5. The van der Waals surface area contributed by atoms with Crippen LogP contribution in [0.15, 0.2) is 0 Å². The molecule has 13 heavy (non-hydrogen) atoms. The minimum absolute atomic E-state index is 0.0471. The number of alkyl halides is 3. The first-order valence-electron chi connectivity index (χ1n) is 4.38. The van der Waals surface area contributed by atoms with Crippen molar-refractivity contribution in [1.82, 2.24) is 4.90 Å². The van der Waals surface area contributed by atoms with Crippen molar-refractivity contribution >= 4 is 17.5 Å². The molecule has 2 fully saturated rings. The molecule has 0 aromatic carbocycles. The highest BCUT2D eigenvalue weighted by Gasteiger charge is 2.51. The number of fused-ring (bicyclic) bond motifs is 1. The van der Waals surface area contributed by atoms with Crippen LogP contribution in [0.25, 0.3) is 0 Å². The normalized spacial score (nSPS) is 32.7. The second-order valence-electron chi connectivity index (χ2n) is 3.70. The molecule has 1 saturated heterocycles. The number of rotatable bonds is 1. The number of carbonyl (C=O) groups excluding carboxylic acids is 1. The van der Waals surface area contributed by atoms with E-state index in [0.717, 1.165) is 19.3 Å². The number of hydrogen-bond acceptors (Lipinski definition) is 1. The fourth-order valence-electron chi connectivity index (χ4n) is 2.03. The van der Waals surface area contributed by atoms with Crippen molar-refractivity contribution in [3.63, 3.8) is 0 Å². The van der Waals surface area contributed by atoms with Gasteiger partial charge in [0.05, 0.1) is 0 Å². The van der Waals surface area contributed by atoms with Gasteiger partial charge in [0.2, 0.25) is 0 Å². The SMILES string of the molecule is O=C(N1CCC[C@@H]2C[C@@H]21)C(F)(F)Cl.